The van der Waals surface area contributed by atoms with Crippen LogP contribution in [0.25, 0.3) is 0 Å². The molecule has 2 unspecified atom stereocenters. The fourth-order valence-electron chi connectivity index (χ4n) is 6.97. The van der Waals surface area contributed by atoms with E-state index in [1.165, 1.54) is 12.4 Å². The van der Waals surface area contributed by atoms with Crippen molar-refractivity contribution in [3.8, 4) is 0 Å². The summed E-state index contributed by atoms with van der Waals surface area (Å²) < 4.78 is 46.5. The third-order valence-electron chi connectivity index (χ3n) is 9.19. The van der Waals surface area contributed by atoms with Gasteiger partial charge in [-0.25, -0.2) is 0 Å². The van der Waals surface area contributed by atoms with Crippen molar-refractivity contribution in [2.24, 2.45) is 5.92 Å². The van der Waals surface area contributed by atoms with Crippen LogP contribution in [0.2, 0.25) is 0 Å². The largest absolute Gasteiger partial charge is 0.532 e. The van der Waals surface area contributed by atoms with Gasteiger partial charge in [-0.1, -0.05) is 24.2 Å². The van der Waals surface area contributed by atoms with E-state index in [4.69, 9.17) is 0 Å². The van der Waals surface area contributed by atoms with Crippen molar-refractivity contribution in [3.05, 3.63) is 152 Å². The molecule has 8 rings (SSSR count). The second-order valence-corrected chi connectivity index (χ2v) is 11.8. The van der Waals surface area contributed by atoms with Gasteiger partial charge >= 0.3 is 0 Å². The summed E-state index contributed by atoms with van der Waals surface area (Å²) in [5, 5.41) is 0. The van der Waals surface area contributed by atoms with Gasteiger partial charge in [0, 0.05) is 45.2 Å². The van der Waals surface area contributed by atoms with Crippen LogP contribution in [0.3, 0.4) is 0 Å². The van der Waals surface area contributed by atoms with E-state index in [-0.39, 0.29) is 44.1 Å². The summed E-state index contributed by atoms with van der Waals surface area (Å²) in [7, 11) is 0. The molecule has 0 amide bonds. The first-order chi connectivity index (χ1) is 22.0. The van der Waals surface area contributed by atoms with E-state index in [0.717, 1.165) is 53.8 Å². The van der Waals surface area contributed by atoms with Gasteiger partial charge in [0.05, 0.1) is 0 Å². The predicted octanol–water partition coefficient (Wildman–Crippen LogP) is 7.58. The molecule has 0 aliphatic carbocycles. The number of benzene rings is 3. The topological polar surface area (TPSA) is 19.4 Å². The Morgan fingerprint density at radius 1 is 0.783 bits per heavy atom. The first kappa shape index (κ1) is 30.6. The van der Waals surface area contributed by atoms with Gasteiger partial charge in [-0.2, -0.15) is 105 Å². The van der Waals surface area contributed by atoms with Crippen LogP contribution in [0, 0.1) is 43.3 Å². The zero-order valence-corrected chi connectivity index (χ0v) is 27.3. The molecule has 3 aromatic rings. The minimum Gasteiger partial charge on any atom is -0.532 e. The number of para-hydroxylation sites is 3. The van der Waals surface area contributed by atoms with Gasteiger partial charge in [0.25, 0.3) is 0 Å². The van der Waals surface area contributed by atoms with E-state index in [2.05, 4.69) is 12.1 Å². The molecule has 5 aliphatic heterocycles. The predicted molar refractivity (Wildman–Crippen MR) is 167 cm³/mol. The maximum Gasteiger partial charge on any atom is 0.204 e. The summed E-state index contributed by atoms with van der Waals surface area (Å²) in [6.45, 7) is 4.50. The van der Waals surface area contributed by atoms with Crippen LogP contribution in [0.15, 0.2) is 109 Å². The van der Waals surface area contributed by atoms with Gasteiger partial charge in [0.15, 0.2) is 11.9 Å². The summed E-state index contributed by atoms with van der Waals surface area (Å²) in [4.78, 5) is 10.5. The fourth-order valence-corrected chi connectivity index (χ4v) is 6.97. The summed E-state index contributed by atoms with van der Waals surface area (Å²) in [5.41, 5.74) is 3.19. The molecule has 6 nitrogen and oxygen atoms in total. The Morgan fingerprint density at radius 3 is 2.22 bits per heavy atom. The summed E-state index contributed by atoms with van der Waals surface area (Å²) in [6.07, 6.45) is 7.09. The molecular formula is C36H31F3IrN6-6. The molecule has 46 heavy (non-hydrogen) atoms. The van der Waals surface area contributed by atoms with E-state index in [0.29, 0.717) is 19.5 Å². The van der Waals surface area contributed by atoms with Crippen LogP contribution >= 0.6 is 0 Å². The molecule has 1 radical (unpaired) electrons. The molecule has 241 valence electrons. The standard InChI is InChI=1S/C36H31F3N6.Ir/c37-32-21-41(27-9-3-1-4-10-27)24-40(32)19-17-26-15-16-30-35(45-25-42(22-33(45)38)28-11-5-2-6-12-28)29-13-7-8-14-31(29)44-23-34(39)43(20-18-26)36(30)44;/h1-9,11,13-14,21-26,36H,15-20H2;/q-6;. The second-order valence-electron chi connectivity index (χ2n) is 11.8. The van der Waals surface area contributed by atoms with E-state index >= 15 is 8.78 Å². The third kappa shape index (κ3) is 5.41. The molecule has 5 aliphatic rings. The number of fused-ring (bicyclic) bond motifs is 2. The molecule has 0 aromatic heterocycles. The molecule has 10 heteroatoms. The molecule has 0 saturated carbocycles. The average molecular weight is 797 g/mol. The Hall–Kier alpha value is -4.01. The second kappa shape index (κ2) is 12.6. The van der Waals surface area contributed by atoms with Crippen LogP contribution in [0.4, 0.5) is 30.2 Å². The first-order valence-corrected chi connectivity index (χ1v) is 15.3. The van der Waals surface area contributed by atoms with Crippen LogP contribution < -0.4 is 14.7 Å². The number of hydrogen-bond donors (Lipinski definition) is 0. The molecular weight excluding hydrogens is 766 g/mol. The zero-order valence-electron chi connectivity index (χ0n) is 24.9. The Bertz CT molecular complexity index is 1630. The molecule has 2 atom stereocenters. The molecule has 0 spiro atoms. The number of rotatable bonds is 6. The molecule has 1 fully saturated rings. The minimum absolute atomic E-state index is 0. The Morgan fingerprint density at radius 2 is 1.48 bits per heavy atom. The van der Waals surface area contributed by atoms with Crippen LogP contribution in [0.5, 0.6) is 0 Å². The van der Waals surface area contributed by atoms with E-state index < -0.39 is 5.95 Å². The fraction of sp³-hybridized carbons (Fsp3) is 0.222. The average Bonchev–Trinajstić information content (AvgIpc) is 3.74. The maximum atomic E-state index is 15.9. The monoisotopic (exact) mass is 797 g/mol. The van der Waals surface area contributed by atoms with Crippen molar-refractivity contribution in [2.45, 2.75) is 31.8 Å². The van der Waals surface area contributed by atoms with Gasteiger partial charge in [0.2, 0.25) is 5.95 Å². The SMILES string of the molecule is FC1=CN(c2[c-]cccc2)[CH-]N1CCC1CC[C-]2[C-](N3[CH-]N(c4[c-]cccc4)C=C3F)c3ccccc3N3C=C(F)N(CC1)C23.[Ir]. The van der Waals surface area contributed by atoms with Crippen LogP contribution in [-0.2, 0) is 20.1 Å². The van der Waals surface area contributed by atoms with E-state index in [1.54, 1.807) is 56.2 Å². The smallest absolute Gasteiger partial charge is 0.204 e. The molecule has 0 bridgehead atoms. The summed E-state index contributed by atoms with van der Waals surface area (Å²) >= 11 is 0. The molecule has 5 heterocycles. The van der Waals surface area contributed by atoms with Crippen LogP contribution in [0.1, 0.15) is 31.2 Å². The van der Waals surface area contributed by atoms with Crippen LogP contribution in [-0.4, -0.2) is 34.0 Å². The van der Waals surface area contributed by atoms with Gasteiger partial charge in [-0.3, -0.25) is 12.0 Å². The van der Waals surface area contributed by atoms with Crippen molar-refractivity contribution in [2.75, 3.05) is 27.8 Å². The normalized spacial score (nSPS) is 22.6. The summed E-state index contributed by atoms with van der Waals surface area (Å²) in [6, 6.07) is 29.7. The van der Waals surface area contributed by atoms with Crippen molar-refractivity contribution in [3.63, 3.8) is 0 Å². The maximum absolute atomic E-state index is 15.9. The minimum atomic E-state index is -0.415. The number of anilines is 3. The quantitative estimate of drug-likeness (QED) is 0.188. The Kier molecular flexibility index (Phi) is 8.42. The van der Waals surface area contributed by atoms with Crippen molar-refractivity contribution < 1.29 is 33.3 Å². The van der Waals surface area contributed by atoms with Gasteiger partial charge < -0.3 is 29.4 Å². The summed E-state index contributed by atoms with van der Waals surface area (Å²) in [5.74, 6) is 0.152. The van der Waals surface area contributed by atoms with E-state index in [9.17, 15) is 4.39 Å². The number of nitrogens with zero attached hydrogens (tertiary/aromatic N) is 6. The van der Waals surface area contributed by atoms with Gasteiger partial charge in [-0.05, 0) is 31.5 Å². The van der Waals surface area contributed by atoms with Crippen molar-refractivity contribution >= 4 is 17.1 Å². The first-order valence-electron chi connectivity index (χ1n) is 15.3. The molecule has 0 N–H and O–H groups in total. The van der Waals surface area contributed by atoms with Crippen molar-refractivity contribution in [1.82, 2.24) is 14.7 Å². The van der Waals surface area contributed by atoms with Crippen molar-refractivity contribution in [1.29, 1.82) is 0 Å². The third-order valence-corrected chi connectivity index (χ3v) is 9.19. The molecule has 1 saturated heterocycles. The molecule has 3 aromatic carbocycles. The van der Waals surface area contributed by atoms with Gasteiger partial charge in [-0.15, -0.1) is 17.4 Å². The Labute approximate surface area is 282 Å². The van der Waals surface area contributed by atoms with Gasteiger partial charge in [0.1, 0.15) is 0 Å². The number of halogens is 3. The number of hydrogen-bond acceptors (Lipinski definition) is 6. The Balaban J connectivity index is 0.00000338. The zero-order chi connectivity index (χ0) is 30.5. The van der Waals surface area contributed by atoms with E-state index in [1.807, 2.05) is 65.6 Å².